The zero-order valence-electron chi connectivity index (χ0n) is 14.7. The third kappa shape index (κ3) is 4.88. The van der Waals surface area contributed by atoms with Crippen molar-refractivity contribution in [3.05, 3.63) is 65.7 Å². The molecule has 146 valence electrons. The fourth-order valence-corrected chi connectivity index (χ4v) is 4.73. The average molecular weight is 399 g/mol. The minimum Gasteiger partial charge on any atom is -0.332 e. The van der Waals surface area contributed by atoms with Gasteiger partial charge >= 0.3 is 6.18 Å². The van der Waals surface area contributed by atoms with Gasteiger partial charge in [0.1, 0.15) is 0 Å². The molecule has 1 aliphatic rings. The third-order valence-electron chi connectivity index (χ3n) is 4.84. The Hall–Kier alpha value is -1.90. The van der Waals surface area contributed by atoms with Crippen LogP contribution in [0.5, 0.6) is 0 Å². The minimum atomic E-state index is -4.56. The minimum absolute atomic E-state index is 0.301. The van der Waals surface area contributed by atoms with Crippen molar-refractivity contribution in [2.24, 2.45) is 0 Å². The molecule has 3 rings (SSSR count). The summed E-state index contributed by atoms with van der Waals surface area (Å²) in [6.07, 6.45) is -3.65. The Balaban J connectivity index is 1.61. The van der Waals surface area contributed by atoms with Gasteiger partial charge in [-0.1, -0.05) is 36.4 Å². The summed E-state index contributed by atoms with van der Waals surface area (Å²) >= 11 is 0. The van der Waals surface area contributed by atoms with E-state index in [0.717, 1.165) is 25.1 Å². The SMILES string of the molecule is O=S(=O)(c1cccc(C(F)(F)F)c1)N1CC[NH+](CCc2ccccc2)CC1. The standard InChI is InChI=1S/C19H21F3N2O2S/c20-19(21,22)17-7-4-8-18(15-17)27(25,26)24-13-11-23(12-14-24)10-9-16-5-2-1-3-6-16/h1-8,15H,9-14H2/p+1. The molecule has 4 nitrogen and oxygen atoms in total. The molecule has 0 bridgehead atoms. The Morgan fingerprint density at radius 1 is 0.963 bits per heavy atom. The molecule has 0 atom stereocenters. The molecule has 0 radical (unpaired) electrons. The van der Waals surface area contributed by atoms with Crippen molar-refractivity contribution in [2.45, 2.75) is 17.5 Å². The summed E-state index contributed by atoms with van der Waals surface area (Å²) in [6.45, 7) is 2.81. The lowest BCUT2D eigenvalue weighted by atomic mass is 10.1. The summed E-state index contributed by atoms with van der Waals surface area (Å²) in [5, 5.41) is 0. The predicted octanol–water partition coefficient (Wildman–Crippen LogP) is 1.84. The number of piperazine rings is 1. The first-order chi connectivity index (χ1) is 12.8. The van der Waals surface area contributed by atoms with E-state index in [-0.39, 0.29) is 4.90 Å². The first kappa shape index (κ1) is 19.9. The Bertz CT molecular complexity index is 862. The van der Waals surface area contributed by atoms with Crippen LogP contribution in [0.4, 0.5) is 13.2 Å². The van der Waals surface area contributed by atoms with Crippen LogP contribution in [0, 0.1) is 0 Å². The van der Waals surface area contributed by atoms with Gasteiger partial charge in [-0.3, -0.25) is 0 Å². The number of hydrogen-bond acceptors (Lipinski definition) is 2. The normalized spacial score (nSPS) is 17.1. The molecule has 0 amide bonds. The maximum atomic E-state index is 12.9. The number of alkyl halides is 3. The molecule has 27 heavy (non-hydrogen) atoms. The summed E-state index contributed by atoms with van der Waals surface area (Å²) in [5.74, 6) is 0. The summed E-state index contributed by atoms with van der Waals surface area (Å²) in [6, 6.07) is 14.0. The number of benzene rings is 2. The molecule has 0 saturated carbocycles. The monoisotopic (exact) mass is 399 g/mol. The van der Waals surface area contributed by atoms with Gasteiger partial charge in [-0.25, -0.2) is 8.42 Å². The maximum Gasteiger partial charge on any atom is 0.416 e. The fourth-order valence-electron chi connectivity index (χ4n) is 3.24. The second kappa shape index (κ2) is 8.00. The molecule has 0 unspecified atom stereocenters. The van der Waals surface area contributed by atoms with Crippen molar-refractivity contribution in [2.75, 3.05) is 32.7 Å². The summed E-state index contributed by atoms with van der Waals surface area (Å²) in [4.78, 5) is 0.999. The molecule has 1 aliphatic heterocycles. The lowest BCUT2D eigenvalue weighted by Gasteiger charge is -2.31. The topological polar surface area (TPSA) is 41.8 Å². The van der Waals surface area contributed by atoms with Crippen LogP contribution in [-0.4, -0.2) is 45.4 Å². The van der Waals surface area contributed by atoms with E-state index in [4.69, 9.17) is 0 Å². The number of quaternary nitrogens is 1. The van der Waals surface area contributed by atoms with E-state index in [1.54, 1.807) is 0 Å². The van der Waals surface area contributed by atoms with E-state index in [2.05, 4.69) is 12.1 Å². The number of sulfonamides is 1. The highest BCUT2D eigenvalue weighted by Crippen LogP contribution is 2.31. The summed E-state index contributed by atoms with van der Waals surface area (Å²) in [7, 11) is -3.92. The van der Waals surface area contributed by atoms with Crippen molar-refractivity contribution in [3.63, 3.8) is 0 Å². The van der Waals surface area contributed by atoms with Gasteiger partial charge in [-0.2, -0.15) is 17.5 Å². The third-order valence-corrected chi connectivity index (χ3v) is 6.73. The number of nitrogens with zero attached hydrogens (tertiary/aromatic N) is 1. The van der Waals surface area contributed by atoms with E-state index in [0.29, 0.717) is 32.2 Å². The second-order valence-corrected chi connectivity index (χ2v) is 8.60. The fraction of sp³-hybridized carbons (Fsp3) is 0.368. The zero-order valence-corrected chi connectivity index (χ0v) is 15.6. The van der Waals surface area contributed by atoms with Crippen LogP contribution in [0.2, 0.25) is 0 Å². The van der Waals surface area contributed by atoms with Gasteiger partial charge in [0.05, 0.1) is 43.2 Å². The lowest BCUT2D eigenvalue weighted by molar-refractivity contribution is -0.903. The van der Waals surface area contributed by atoms with Crippen LogP contribution in [-0.2, 0) is 22.6 Å². The van der Waals surface area contributed by atoms with E-state index in [1.165, 1.54) is 20.8 Å². The number of rotatable bonds is 5. The lowest BCUT2D eigenvalue weighted by Crippen LogP contribution is -3.15. The van der Waals surface area contributed by atoms with E-state index in [1.807, 2.05) is 18.2 Å². The van der Waals surface area contributed by atoms with Crippen molar-refractivity contribution >= 4 is 10.0 Å². The van der Waals surface area contributed by atoms with Crippen LogP contribution in [0.1, 0.15) is 11.1 Å². The van der Waals surface area contributed by atoms with Crippen LogP contribution in [0.15, 0.2) is 59.5 Å². The molecule has 1 saturated heterocycles. The van der Waals surface area contributed by atoms with Crippen LogP contribution < -0.4 is 4.90 Å². The Labute approximate surface area is 157 Å². The molecule has 0 aromatic heterocycles. The molecular weight excluding hydrogens is 377 g/mol. The van der Waals surface area contributed by atoms with Gasteiger partial charge < -0.3 is 4.90 Å². The average Bonchev–Trinajstić information content (AvgIpc) is 2.67. The largest absolute Gasteiger partial charge is 0.416 e. The molecule has 0 spiro atoms. The summed E-state index contributed by atoms with van der Waals surface area (Å²) in [5.41, 5.74) is 0.291. The molecular formula is C19H22F3N2O2S+. The summed E-state index contributed by atoms with van der Waals surface area (Å²) < 4.78 is 65.3. The van der Waals surface area contributed by atoms with Gasteiger partial charge in [0, 0.05) is 6.42 Å². The number of nitrogens with one attached hydrogen (secondary N) is 1. The highest BCUT2D eigenvalue weighted by Gasteiger charge is 2.34. The first-order valence-corrected chi connectivity index (χ1v) is 10.3. The Morgan fingerprint density at radius 3 is 2.26 bits per heavy atom. The molecule has 1 heterocycles. The molecule has 0 aliphatic carbocycles. The smallest absolute Gasteiger partial charge is 0.332 e. The molecule has 2 aromatic rings. The molecule has 1 fully saturated rings. The van der Waals surface area contributed by atoms with E-state index >= 15 is 0 Å². The van der Waals surface area contributed by atoms with Crippen molar-refractivity contribution in [1.82, 2.24) is 4.31 Å². The maximum absolute atomic E-state index is 12.9. The Kier molecular flexibility index (Phi) is 5.88. The second-order valence-electron chi connectivity index (χ2n) is 6.67. The molecule has 8 heteroatoms. The highest BCUT2D eigenvalue weighted by molar-refractivity contribution is 7.89. The van der Waals surface area contributed by atoms with Crippen LogP contribution in [0.3, 0.4) is 0 Å². The van der Waals surface area contributed by atoms with Crippen LogP contribution >= 0.6 is 0 Å². The van der Waals surface area contributed by atoms with Gasteiger partial charge in [-0.15, -0.1) is 0 Å². The molecule has 1 N–H and O–H groups in total. The van der Waals surface area contributed by atoms with Crippen molar-refractivity contribution in [1.29, 1.82) is 0 Å². The van der Waals surface area contributed by atoms with Gasteiger partial charge in [0.2, 0.25) is 10.0 Å². The van der Waals surface area contributed by atoms with Crippen molar-refractivity contribution in [3.8, 4) is 0 Å². The van der Waals surface area contributed by atoms with E-state index in [9.17, 15) is 21.6 Å². The van der Waals surface area contributed by atoms with Crippen LogP contribution in [0.25, 0.3) is 0 Å². The van der Waals surface area contributed by atoms with Gasteiger partial charge in [0.25, 0.3) is 0 Å². The quantitative estimate of drug-likeness (QED) is 0.834. The number of hydrogen-bond donors (Lipinski definition) is 1. The molecule has 2 aromatic carbocycles. The van der Waals surface area contributed by atoms with Crippen molar-refractivity contribution < 1.29 is 26.5 Å². The van der Waals surface area contributed by atoms with E-state index < -0.39 is 21.8 Å². The van der Waals surface area contributed by atoms with Gasteiger partial charge in [-0.05, 0) is 23.8 Å². The zero-order chi connectivity index (χ0) is 19.5. The first-order valence-electron chi connectivity index (χ1n) is 8.82. The Morgan fingerprint density at radius 2 is 1.63 bits per heavy atom. The number of halogens is 3. The highest BCUT2D eigenvalue weighted by atomic mass is 32.2. The predicted molar refractivity (Wildman–Crippen MR) is 95.9 cm³/mol. The van der Waals surface area contributed by atoms with Gasteiger partial charge in [0.15, 0.2) is 0 Å².